The molecular weight excluding hydrogens is 384 g/mol. The Labute approximate surface area is 156 Å². The maximum atomic E-state index is 11.5. The number of rotatable bonds is 4. The highest BCUT2D eigenvalue weighted by Gasteiger charge is 2.29. The number of aromatic carboxylic acids is 4. The third kappa shape index (κ3) is 3.40. The first-order valence-corrected chi connectivity index (χ1v) is 7.14. The summed E-state index contributed by atoms with van der Waals surface area (Å²) in [5, 5.41) is 36.9. The van der Waals surface area contributed by atoms with Crippen LogP contribution in [-0.4, -0.2) is 44.3 Å². The van der Waals surface area contributed by atoms with E-state index in [9.17, 15) is 29.4 Å². The Morgan fingerprint density at radius 2 is 1.04 bits per heavy atom. The lowest BCUT2D eigenvalue weighted by Gasteiger charge is -2.24. The zero-order valence-corrected chi connectivity index (χ0v) is 14.1. The zero-order chi connectivity index (χ0) is 19.2. The van der Waals surface area contributed by atoms with Crippen molar-refractivity contribution in [3.8, 4) is 11.5 Å². The molecule has 27 heavy (non-hydrogen) atoms. The summed E-state index contributed by atoms with van der Waals surface area (Å²) in [4.78, 5) is 45.3. The molecule has 0 bridgehead atoms. The molecule has 1 aliphatic heterocycles. The summed E-state index contributed by atoms with van der Waals surface area (Å²) in [7, 11) is 0. The minimum absolute atomic E-state index is 0. The van der Waals surface area contributed by atoms with Gasteiger partial charge in [-0.3, -0.25) is 0 Å². The zero-order valence-electron chi connectivity index (χ0n) is 13.3. The average molecular weight is 395 g/mol. The van der Waals surface area contributed by atoms with Crippen molar-refractivity contribution in [3.05, 3.63) is 57.6 Å². The van der Waals surface area contributed by atoms with Crippen LogP contribution in [0.5, 0.6) is 11.5 Å². The second-order valence-electron chi connectivity index (χ2n) is 5.52. The topological polar surface area (TPSA) is 158 Å². The largest absolute Gasteiger partial charge is 0.478 e. The minimum atomic E-state index is -1.44. The second-order valence-corrected chi connectivity index (χ2v) is 5.52. The van der Waals surface area contributed by atoms with Crippen molar-refractivity contribution in [2.24, 2.45) is 0 Å². The molecule has 0 spiro atoms. The summed E-state index contributed by atoms with van der Waals surface area (Å²) < 4.78 is 5.48. The molecule has 1 aliphatic rings. The summed E-state index contributed by atoms with van der Waals surface area (Å²) >= 11 is 0. The molecule has 1 heterocycles. The highest BCUT2D eigenvalue weighted by Crippen LogP contribution is 2.42. The van der Waals surface area contributed by atoms with E-state index in [-0.39, 0.29) is 52.6 Å². The van der Waals surface area contributed by atoms with Gasteiger partial charge < -0.3 is 25.2 Å². The van der Waals surface area contributed by atoms with Crippen molar-refractivity contribution < 1.29 is 44.3 Å². The molecule has 140 valence electrons. The first-order valence-electron chi connectivity index (χ1n) is 7.14. The van der Waals surface area contributed by atoms with Gasteiger partial charge in [-0.05, 0) is 24.3 Å². The van der Waals surface area contributed by atoms with E-state index in [4.69, 9.17) is 14.9 Å². The molecule has 9 nitrogen and oxygen atoms in total. The molecule has 0 amide bonds. The Hall–Kier alpha value is -3.59. The molecule has 10 heteroatoms. The van der Waals surface area contributed by atoms with Crippen LogP contribution in [0.3, 0.4) is 0 Å². The maximum absolute atomic E-state index is 11.5. The first kappa shape index (κ1) is 19.7. The highest BCUT2D eigenvalue weighted by molar-refractivity contribution is 5.99. The quantitative estimate of drug-likeness (QED) is 0.521. The number of ether oxygens (including phenoxy) is 1. The van der Waals surface area contributed by atoms with Crippen LogP contribution in [0.4, 0.5) is 0 Å². The third-order valence-electron chi connectivity index (χ3n) is 3.87. The molecule has 0 saturated carbocycles. The fraction of sp³-hybridized carbons (Fsp3) is 0.0588. The van der Waals surface area contributed by atoms with Gasteiger partial charge in [-0.1, -0.05) is 0 Å². The van der Waals surface area contributed by atoms with Crippen LogP contribution in [-0.2, 0) is 6.42 Å². The van der Waals surface area contributed by atoms with Gasteiger partial charge in [0.2, 0.25) is 0 Å². The predicted octanol–water partition coefficient (Wildman–Crippen LogP) is 2.60. The number of carboxylic acid groups (broad SMARTS) is 4. The van der Waals surface area contributed by atoms with Crippen LogP contribution >= 0.6 is 12.4 Å². The lowest BCUT2D eigenvalue weighted by atomic mass is 9.92. The standard InChI is InChI=1S/C17H10O9.ClH/c18-14(19)8-2-6-1-7-3-9(15(20)21)5-11(17(24)25)13(7)26-12(6)10(4-8)16(22)23;/h2-5H,1H2,(H,18,19)(H,20,21)(H,22,23)(H,24,25);1H. The van der Waals surface area contributed by atoms with E-state index < -0.39 is 35.0 Å². The molecule has 4 N–H and O–H groups in total. The summed E-state index contributed by atoms with van der Waals surface area (Å²) in [5.41, 5.74) is -1.00. The SMILES string of the molecule is Cl.O=C(O)c1cc2c(c(C(=O)O)c1)Oc1c(cc(C(=O)O)cc1C(=O)O)C2. The molecule has 0 atom stereocenters. The fourth-order valence-electron chi connectivity index (χ4n) is 2.75. The van der Waals surface area contributed by atoms with Gasteiger partial charge in [-0.2, -0.15) is 0 Å². The fourth-order valence-corrected chi connectivity index (χ4v) is 2.75. The Morgan fingerprint density at radius 3 is 1.33 bits per heavy atom. The van der Waals surface area contributed by atoms with Gasteiger partial charge in [0, 0.05) is 17.5 Å². The maximum Gasteiger partial charge on any atom is 0.339 e. The predicted molar refractivity (Wildman–Crippen MR) is 90.8 cm³/mol. The van der Waals surface area contributed by atoms with Gasteiger partial charge in [0.1, 0.15) is 22.6 Å². The van der Waals surface area contributed by atoms with Crippen LogP contribution < -0.4 is 4.74 Å². The van der Waals surface area contributed by atoms with Gasteiger partial charge >= 0.3 is 23.9 Å². The molecule has 0 fully saturated rings. The van der Waals surface area contributed by atoms with Crippen LogP contribution in [0.15, 0.2) is 24.3 Å². The number of halogens is 1. The number of benzene rings is 2. The van der Waals surface area contributed by atoms with Crippen LogP contribution in [0.1, 0.15) is 52.6 Å². The van der Waals surface area contributed by atoms with E-state index in [1.165, 1.54) is 12.1 Å². The third-order valence-corrected chi connectivity index (χ3v) is 3.87. The van der Waals surface area contributed by atoms with E-state index in [1.54, 1.807) is 0 Å². The lowest BCUT2D eigenvalue weighted by molar-refractivity contribution is 0.0677. The van der Waals surface area contributed by atoms with Gasteiger partial charge in [0.05, 0.1) is 11.1 Å². The van der Waals surface area contributed by atoms with Crippen molar-refractivity contribution >= 4 is 36.3 Å². The molecule has 3 rings (SSSR count). The molecular formula is C17H11ClO9. The molecule has 0 saturated heterocycles. The number of hydrogen-bond acceptors (Lipinski definition) is 5. The van der Waals surface area contributed by atoms with Gasteiger partial charge in [-0.15, -0.1) is 12.4 Å². The second kappa shape index (κ2) is 6.96. The van der Waals surface area contributed by atoms with Gasteiger partial charge in [0.15, 0.2) is 0 Å². The van der Waals surface area contributed by atoms with E-state index in [1.807, 2.05) is 0 Å². The van der Waals surface area contributed by atoms with E-state index in [0.29, 0.717) is 0 Å². The average Bonchev–Trinajstić information content (AvgIpc) is 2.57. The monoisotopic (exact) mass is 394 g/mol. The van der Waals surface area contributed by atoms with E-state index in [2.05, 4.69) is 0 Å². The smallest absolute Gasteiger partial charge is 0.339 e. The Morgan fingerprint density at radius 1 is 0.667 bits per heavy atom. The summed E-state index contributed by atoms with van der Waals surface area (Å²) in [6, 6.07) is 4.25. The van der Waals surface area contributed by atoms with Crippen molar-refractivity contribution in [1.29, 1.82) is 0 Å². The Balaban J connectivity index is 0.00000261. The Kier molecular flexibility index (Phi) is 5.09. The summed E-state index contributed by atoms with van der Waals surface area (Å²) in [6.45, 7) is 0. The normalized spacial score (nSPS) is 11.3. The first-order chi connectivity index (χ1) is 12.2. The van der Waals surface area contributed by atoms with Crippen LogP contribution in [0.2, 0.25) is 0 Å². The number of carboxylic acids is 4. The summed E-state index contributed by atoms with van der Waals surface area (Å²) in [6.07, 6.45) is -0.0759. The van der Waals surface area contributed by atoms with E-state index >= 15 is 0 Å². The number of carbonyl (C=O) groups is 4. The Bertz CT molecular complexity index is 930. The van der Waals surface area contributed by atoms with Crippen molar-refractivity contribution in [1.82, 2.24) is 0 Å². The van der Waals surface area contributed by atoms with Crippen molar-refractivity contribution in [2.75, 3.05) is 0 Å². The van der Waals surface area contributed by atoms with Gasteiger partial charge in [0.25, 0.3) is 0 Å². The molecule has 0 aromatic heterocycles. The molecule has 0 unspecified atom stereocenters. The molecule has 2 aromatic carbocycles. The molecule has 2 aromatic rings. The van der Waals surface area contributed by atoms with E-state index in [0.717, 1.165) is 12.1 Å². The summed E-state index contributed by atoms with van der Waals surface area (Å²) in [5.74, 6) is -5.89. The molecule has 0 aliphatic carbocycles. The van der Waals surface area contributed by atoms with Gasteiger partial charge in [-0.25, -0.2) is 19.2 Å². The lowest BCUT2D eigenvalue weighted by Crippen LogP contribution is -2.15. The molecule has 0 radical (unpaired) electrons. The van der Waals surface area contributed by atoms with Crippen molar-refractivity contribution in [3.63, 3.8) is 0 Å². The minimum Gasteiger partial charge on any atom is -0.478 e. The van der Waals surface area contributed by atoms with Crippen LogP contribution in [0.25, 0.3) is 0 Å². The number of hydrogen-bond donors (Lipinski definition) is 4. The van der Waals surface area contributed by atoms with Crippen molar-refractivity contribution in [2.45, 2.75) is 6.42 Å². The van der Waals surface area contributed by atoms with Crippen LogP contribution in [0, 0.1) is 0 Å². The number of fused-ring (bicyclic) bond motifs is 2. The highest BCUT2D eigenvalue weighted by atomic mass is 35.5.